The van der Waals surface area contributed by atoms with Crippen LogP contribution in [0.25, 0.3) is 22.6 Å². The Balaban J connectivity index is 1.84. The Hall–Kier alpha value is -2.62. The standard InChI is InChI=1S/C22H26N2O2/c1-6-14(2)16-9-12-19-18(13-16)24-20(26-19)15-7-10-17(11-8-15)23-21(25)22(3,4)5/h7-14H,6H2,1-5H3,(H,23,25)/t14-/m0/s1. The van der Waals surface area contributed by atoms with Crippen LogP contribution in [0.2, 0.25) is 0 Å². The number of amides is 1. The molecule has 1 heterocycles. The molecule has 1 atom stereocenters. The van der Waals surface area contributed by atoms with Crippen molar-refractivity contribution >= 4 is 22.7 Å². The molecule has 3 rings (SSSR count). The number of nitrogens with one attached hydrogen (secondary N) is 1. The van der Waals surface area contributed by atoms with E-state index in [1.165, 1.54) is 5.56 Å². The first-order chi connectivity index (χ1) is 12.3. The van der Waals surface area contributed by atoms with Crippen LogP contribution >= 0.6 is 0 Å². The van der Waals surface area contributed by atoms with Crippen molar-refractivity contribution in [2.45, 2.75) is 47.0 Å². The molecule has 4 heteroatoms. The lowest BCUT2D eigenvalue weighted by Crippen LogP contribution is -2.27. The molecule has 0 fully saturated rings. The van der Waals surface area contributed by atoms with Gasteiger partial charge in [-0.2, -0.15) is 0 Å². The monoisotopic (exact) mass is 350 g/mol. The van der Waals surface area contributed by atoms with E-state index >= 15 is 0 Å². The van der Waals surface area contributed by atoms with E-state index in [0.717, 1.165) is 28.8 Å². The Morgan fingerprint density at radius 1 is 1.15 bits per heavy atom. The van der Waals surface area contributed by atoms with Crippen molar-refractivity contribution in [3.8, 4) is 11.5 Å². The zero-order valence-electron chi connectivity index (χ0n) is 16.1. The van der Waals surface area contributed by atoms with E-state index in [4.69, 9.17) is 4.42 Å². The summed E-state index contributed by atoms with van der Waals surface area (Å²) in [7, 11) is 0. The number of fused-ring (bicyclic) bond motifs is 1. The lowest BCUT2D eigenvalue weighted by Gasteiger charge is -2.17. The molecule has 0 aliphatic carbocycles. The molecule has 1 aromatic heterocycles. The van der Waals surface area contributed by atoms with Gasteiger partial charge in [0.1, 0.15) is 5.52 Å². The minimum absolute atomic E-state index is 0.00955. The Morgan fingerprint density at radius 2 is 1.85 bits per heavy atom. The Bertz CT molecular complexity index is 917. The van der Waals surface area contributed by atoms with Gasteiger partial charge in [0.2, 0.25) is 11.8 Å². The maximum absolute atomic E-state index is 12.1. The summed E-state index contributed by atoms with van der Waals surface area (Å²) in [4.78, 5) is 16.7. The molecule has 0 radical (unpaired) electrons. The third-order valence-electron chi connectivity index (χ3n) is 4.66. The molecule has 0 saturated carbocycles. The summed E-state index contributed by atoms with van der Waals surface area (Å²) in [5.74, 6) is 1.09. The predicted octanol–water partition coefficient (Wildman–Crippen LogP) is 5.99. The summed E-state index contributed by atoms with van der Waals surface area (Å²) in [6, 6.07) is 13.8. The van der Waals surface area contributed by atoms with Crippen LogP contribution in [0.5, 0.6) is 0 Å². The van der Waals surface area contributed by atoms with E-state index in [2.05, 4.69) is 36.3 Å². The van der Waals surface area contributed by atoms with Crippen LogP contribution in [-0.2, 0) is 4.79 Å². The number of hydrogen-bond donors (Lipinski definition) is 1. The fraction of sp³-hybridized carbons (Fsp3) is 0.364. The van der Waals surface area contributed by atoms with Gasteiger partial charge in [0, 0.05) is 16.7 Å². The van der Waals surface area contributed by atoms with Crippen LogP contribution in [0.3, 0.4) is 0 Å². The Morgan fingerprint density at radius 3 is 2.46 bits per heavy atom. The molecule has 1 amide bonds. The summed E-state index contributed by atoms with van der Waals surface area (Å²) in [6.07, 6.45) is 1.10. The van der Waals surface area contributed by atoms with Gasteiger partial charge in [0.25, 0.3) is 0 Å². The van der Waals surface area contributed by atoms with Crippen molar-refractivity contribution in [2.75, 3.05) is 5.32 Å². The van der Waals surface area contributed by atoms with Crippen molar-refractivity contribution in [3.05, 3.63) is 48.0 Å². The zero-order valence-corrected chi connectivity index (χ0v) is 16.1. The molecule has 0 aliphatic heterocycles. The highest BCUT2D eigenvalue weighted by atomic mass is 16.3. The second-order valence-corrected chi connectivity index (χ2v) is 7.84. The quantitative estimate of drug-likeness (QED) is 0.628. The number of carbonyl (C=O) groups excluding carboxylic acids is 1. The average Bonchev–Trinajstić information content (AvgIpc) is 3.04. The van der Waals surface area contributed by atoms with Crippen LogP contribution in [0.4, 0.5) is 5.69 Å². The van der Waals surface area contributed by atoms with Crippen LogP contribution < -0.4 is 5.32 Å². The van der Waals surface area contributed by atoms with E-state index in [-0.39, 0.29) is 5.91 Å². The molecule has 3 aromatic rings. The Kier molecular flexibility index (Phi) is 4.86. The predicted molar refractivity (Wildman–Crippen MR) is 106 cm³/mol. The van der Waals surface area contributed by atoms with Crippen molar-refractivity contribution in [2.24, 2.45) is 5.41 Å². The van der Waals surface area contributed by atoms with E-state index in [1.807, 2.05) is 51.1 Å². The molecule has 0 unspecified atom stereocenters. The lowest BCUT2D eigenvalue weighted by atomic mass is 9.95. The number of nitrogens with zero attached hydrogens (tertiary/aromatic N) is 1. The highest BCUT2D eigenvalue weighted by Gasteiger charge is 2.21. The number of carbonyl (C=O) groups is 1. The van der Waals surface area contributed by atoms with E-state index < -0.39 is 5.41 Å². The van der Waals surface area contributed by atoms with Crippen molar-refractivity contribution in [3.63, 3.8) is 0 Å². The summed E-state index contributed by atoms with van der Waals surface area (Å²) in [6.45, 7) is 10.1. The zero-order chi connectivity index (χ0) is 18.9. The molecule has 4 nitrogen and oxygen atoms in total. The molecule has 26 heavy (non-hydrogen) atoms. The van der Waals surface area contributed by atoms with Crippen LogP contribution in [0.1, 0.15) is 52.5 Å². The number of anilines is 1. The topological polar surface area (TPSA) is 55.1 Å². The van der Waals surface area contributed by atoms with E-state index in [1.54, 1.807) is 0 Å². The molecule has 2 aromatic carbocycles. The van der Waals surface area contributed by atoms with Gasteiger partial charge in [-0.05, 0) is 54.3 Å². The smallest absolute Gasteiger partial charge is 0.229 e. The highest BCUT2D eigenvalue weighted by Crippen LogP contribution is 2.28. The molecular formula is C22H26N2O2. The lowest BCUT2D eigenvalue weighted by molar-refractivity contribution is -0.123. The molecule has 136 valence electrons. The minimum Gasteiger partial charge on any atom is -0.436 e. The summed E-state index contributed by atoms with van der Waals surface area (Å²) in [5.41, 5.74) is 4.18. The summed E-state index contributed by atoms with van der Waals surface area (Å²) < 4.78 is 5.90. The Labute approximate surface area is 154 Å². The molecule has 0 bridgehead atoms. The molecule has 0 saturated heterocycles. The van der Waals surface area contributed by atoms with Gasteiger partial charge in [-0.15, -0.1) is 0 Å². The maximum atomic E-state index is 12.1. The molecule has 0 spiro atoms. The van der Waals surface area contributed by atoms with Gasteiger partial charge in [0.15, 0.2) is 5.58 Å². The van der Waals surface area contributed by atoms with Gasteiger partial charge in [-0.3, -0.25) is 4.79 Å². The second kappa shape index (κ2) is 6.94. The van der Waals surface area contributed by atoms with E-state index in [9.17, 15) is 4.79 Å². The van der Waals surface area contributed by atoms with Gasteiger partial charge >= 0.3 is 0 Å². The summed E-state index contributed by atoms with van der Waals surface area (Å²) >= 11 is 0. The van der Waals surface area contributed by atoms with Crippen LogP contribution in [0.15, 0.2) is 46.9 Å². The number of rotatable bonds is 4. The van der Waals surface area contributed by atoms with Crippen molar-refractivity contribution in [1.29, 1.82) is 0 Å². The number of hydrogen-bond acceptors (Lipinski definition) is 3. The molecule has 0 aliphatic rings. The largest absolute Gasteiger partial charge is 0.436 e. The number of aromatic nitrogens is 1. The van der Waals surface area contributed by atoms with Gasteiger partial charge < -0.3 is 9.73 Å². The van der Waals surface area contributed by atoms with Crippen molar-refractivity contribution < 1.29 is 9.21 Å². The first-order valence-electron chi connectivity index (χ1n) is 9.10. The van der Waals surface area contributed by atoms with E-state index in [0.29, 0.717) is 11.8 Å². The van der Waals surface area contributed by atoms with Crippen molar-refractivity contribution in [1.82, 2.24) is 4.98 Å². The first-order valence-corrected chi connectivity index (χ1v) is 9.10. The van der Waals surface area contributed by atoms with Gasteiger partial charge in [-0.1, -0.05) is 40.7 Å². The highest BCUT2D eigenvalue weighted by molar-refractivity contribution is 5.94. The van der Waals surface area contributed by atoms with Crippen LogP contribution in [0, 0.1) is 5.41 Å². The van der Waals surface area contributed by atoms with Gasteiger partial charge in [-0.25, -0.2) is 4.98 Å². The molecule has 1 N–H and O–H groups in total. The number of benzene rings is 2. The average molecular weight is 350 g/mol. The van der Waals surface area contributed by atoms with Crippen LogP contribution in [-0.4, -0.2) is 10.9 Å². The normalized spacial score (nSPS) is 13.0. The van der Waals surface area contributed by atoms with Gasteiger partial charge in [0.05, 0.1) is 0 Å². The minimum atomic E-state index is -0.424. The fourth-order valence-corrected chi connectivity index (χ4v) is 2.62. The third kappa shape index (κ3) is 3.79. The number of oxazole rings is 1. The second-order valence-electron chi connectivity index (χ2n) is 7.84. The summed E-state index contributed by atoms with van der Waals surface area (Å²) in [5, 5.41) is 2.92. The maximum Gasteiger partial charge on any atom is 0.229 e. The third-order valence-corrected chi connectivity index (χ3v) is 4.66. The SMILES string of the molecule is CC[C@H](C)c1ccc2oc(-c3ccc(NC(=O)C(C)(C)C)cc3)nc2c1. The fourth-order valence-electron chi connectivity index (χ4n) is 2.62. The first kappa shape index (κ1) is 18.2. The molecular weight excluding hydrogens is 324 g/mol.